The highest BCUT2D eigenvalue weighted by molar-refractivity contribution is 6.02. The molecule has 1 aliphatic rings. The molecule has 1 unspecified atom stereocenters. The van der Waals surface area contributed by atoms with E-state index in [2.05, 4.69) is 0 Å². The monoisotopic (exact) mass is 250 g/mol. The molecule has 0 saturated heterocycles. The van der Waals surface area contributed by atoms with Gasteiger partial charge in [0.15, 0.2) is 5.78 Å². The molecule has 3 rings (SSSR count). The van der Waals surface area contributed by atoms with Gasteiger partial charge in [-0.25, -0.2) is 0 Å². The zero-order valence-corrected chi connectivity index (χ0v) is 10.5. The summed E-state index contributed by atoms with van der Waals surface area (Å²) in [5, 5.41) is 0. The number of Topliss-reactive ketones (excluding diaryl/α,β-unsaturated/α-hetero) is 2. The van der Waals surface area contributed by atoms with Gasteiger partial charge in [-0.1, -0.05) is 54.6 Å². The number of hydrogen-bond donors (Lipinski definition) is 0. The molecule has 0 amide bonds. The van der Waals surface area contributed by atoms with Crippen molar-refractivity contribution >= 4 is 11.6 Å². The third-order valence-corrected chi connectivity index (χ3v) is 3.67. The summed E-state index contributed by atoms with van der Waals surface area (Å²) in [6.07, 6.45) is 0.739. The molecular formula is C17H14O2. The maximum Gasteiger partial charge on any atom is 0.163 e. The molecule has 0 spiro atoms. The Morgan fingerprint density at radius 3 is 2.47 bits per heavy atom. The van der Waals surface area contributed by atoms with Gasteiger partial charge in [-0.15, -0.1) is 0 Å². The number of carbonyl (C=O) groups is 2. The van der Waals surface area contributed by atoms with Crippen molar-refractivity contribution < 1.29 is 9.59 Å². The smallest absolute Gasteiger partial charge is 0.163 e. The lowest BCUT2D eigenvalue weighted by atomic mass is 9.92. The molecule has 2 nitrogen and oxygen atoms in total. The van der Waals surface area contributed by atoms with Gasteiger partial charge in [0, 0.05) is 18.4 Å². The Bertz CT molecular complexity index is 629. The van der Waals surface area contributed by atoms with Crippen LogP contribution < -0.4 is 0 Å². The highest BCUT2D eigenvalue weighted by Crippen LogP contribution is 2.33. The largest absolute Gasteiger partial charge is 0.299 e. The zero-order chi connectivity index (χ0) is 13.2. The third-order valence-electron chi connectivity index (χ3n) is 3.67. The number of carbonyl (C=O) groups excluding carboxylic acids is 2. The van der Waals surface area contributed by atoms with Crippen LogP contribution in [0.15, 0.2) is 54.6 Å². The highest BCUT2D eigenvalue weighted by Gasteiger charge is 2.31. The quantitative estimate of drug-likeness (QED) is 0.784. The van der Waals surface area contributed by atoms with Crippen LogP contribution in [0.4, 0.5) is 0 Å². The first-order valence-electron chi connectivity index (χ1n) is 6.44. The van der Waals surface area contributed by atoms with Gasteiger partial charge in [0.2, 0.25) is 0 Å². The van der Waals surface area contributed by atoms with Crippen LogP contribution in [0.2, 0.25) is 0 Å². The van der Waals surface area contributed by atoms with E-state index in [0.717, 1.165) is 11.1 Å². The summed E-state index contributed by atoms with van der Waals surface area (Å²) in [4.78, 5) is 24.2. The average Bonchev–Trinajstić information content (AvgIpc) is 2.76. The van der Waals surface area contributed by atoms with Gasteiger partial charge < -0.3 is 0 Å². The van der Waals surface area contributed by atoms with Gasteiger partial charge in [-0.2, -0.15) is 0 Å². The summed E-state index contributed by atoms with van der Waals surface area (Å²) >= 11 is 0. The minimum atomic E-state index is -0.260. The molecule has 2 aromatic rings. The second kappa shape index (κ2) is 4.81. The standard InChI is InChI=1S/C17H14O2/c18-16(12-6-2-1-3-7-12)11-15-14-9-5-4-8-13(14)10-17(15)19/h1-9,15H,10-11H2. The van der Waals surface area contributed by atoms with Crippen molar-refractivity contribution in [1.29, 1.82) is 0 Å². The highest BCUT2D eigenvalue weighted by atomic mass is 16.1. The van der Waals surface area contributed by atoms with E-state index in [1.54, 1.807) is 12.1 Å². The molecule has 0 saturated carbocycles. The molecule has 0 aromatic heterocycles. The van der Waals surface area contributed by atoms with E-state index in [0.29, 0.717) is 12.0 Å². The molecule has 0 bridgehead atoms. The van der Waals surface area contributed by atoms with Crippen LogP contribution in [-0.4, -0.2) is 11.6 Å². The Morgan fingerprint density at radius 1 is 1.00 bits per heavy atom. The first-order valence-corrected chi connectivity index (χ1v) is 6.44. The van der Waals surface area contributed by atoms with Crippen LogP contribution >= 0.6 is 0 Å². The third kappa shape index (κ3) is 2.22. The van der Waals surface area contributed by atoms with Gasteiger partial charge >= 0.3 is 0 Å². The van der Waals surface area contributed by atoms with Gasteiger partial charge in [0.05, 0.1) is 5.92 Å². The first-order chi connectivity index (χ1) is 9.25. The maximum atomic E-state index is 12.2. The molecule has 94 valence electrons. The lowest BCUT2D eigenvalue weighted by molar-refractivity contribution is -0.119. The minimum absolute atomic E-state index is 0.0376. The number of rotatable bonds is 3. The normalized spacial score (nSPS) is 17.3. The average molecular weight is 250 g/mol. The van der Waals surface area contributed by atoms with Crippen LogP contribution in [0.25, 0.3) is 0 Å². The number of hydrogen-bond acceptors (Lipinski definition) is 2. The van der Waals surface area contributed by atoms with Gasteiger partial charge in [-0.05, 0) is 11.1 Å². The molecular weight excluding hydrogens is 236 g/mol. The minimum Gasteiger partial charge on any atom is -0.299 e. The Labute approximate surface area is 112 Å². The summed E-state index contributed by atoms with van der Waals surface area (Å²) < 4.78 is 0. The number of benzene rings is 2. The predicted molar refractivity (Wildman–Crippen MR) is 73.3 cm³/mol. The summed E-state index contributed by atoms with van der Waals surface area (Å²) in [7, 11) is 0. The molecule has 1 aliphatic carbocycles. The Kier molecular flexibility index (Phi) is 3.00. The van der Waals surface area contributed by atoms with Crippen LogP contribution in [0.1, 0.15) is 33.8 Å². The van der Waals surface area contributed by atoms with E-state index in [-0.39, 0.29) is 23.9 Å². The molecule has 1 atom stereocenters. The molecule has 2 aromatic carbocycles. The lowest BCUT2D eigenvalue weighted by Crippen LogP contribution is -2.12. The topological polar surface area (TPSA) is 34.1 Å². The molecule has 0 fully saturated rings. The Balaban J connectivity index is 1.85. The van der Waals surface area contributed by atoms with E-state index in [1.807, 2.05) is 42.5 Å². The van der Waals surface area contributed by atoms with Crippen molar-refractivity contribution in [3.05, 3.63) is 71.3 Å². The molecule has 0 aliphatic heterocycles. The van der Waals surface area contributed by atoms with Crippen LogP contribution in [0, 0.1) is 0 Å². The molecule has 2 heteroatoms. The van der Waals surface area contributed by atoms with E-state index >= 15 is 0 Å². The van der Waals surface area contributed by atoms with Crippen molar-refractivity contribution in [2.45, 2.75) is 18.8 Å². The van der Waals surface area contributed by atoms with Crippen LogP contribution in [0.5, 0.6) is 0 Å². The Morgan fingerprint density at radius 2 is 1.68 bits per heavy atom. The molecule has 0 N–H and O–H groups in total. The van der Waals surface area contributed by atoms with E-state index in [1.165, 1.54) is 0 Å². The van der Waals surface area contributed by atoms with Gasteiger partial charge in [0.25, 0.3) is 0 Å². The van der Waals surface area contributed by atoms with Crippen molar-refractivity contribution in [1.82, 2.24) is 0 Å². The molecule has 0 radical (unpaired) electrons. The predicted octanol–water partition coefficient (Wildman–Crippen LogP) is 3.17. The van der Waals surface area contributed by atoms with Crippen molar-refractivity contribution in [2.24, 2.45) is 0 Å². The fraction of sp³-hybridized carbons (Fsp3) is 0.176. The van der Waals surface area contributed by atoms with Crippen LogP contribution in [0.3, 0.4) is 0 Å². The van der Waals surface area contributed by atoms with E-state index < -0.39 is 0 Å². The molecule has 0 heterocycles. The van der Waals surface area contributed by atoms with Gasteiger partial charge in [-0.3, -0.25) is 9.59 Å². The second-order valence-electron chi connectivity index (χ2n) is 4.89. The summed E-state index contributed by atoms with van der Waals surface area (Å²) in [6, 6.07) is 17.0. The van der Waals surface area contributed by atoms with Crippen molar-refractivity contribution in [3.63, 3.8) is 0 Å². The number of fused-ring (bicyclic) bond motifs is 1. The first kappa shape index (κ1) is 11.8. The van der Waals surface area contributed by atoms with Crippen molar-refractivity contribution in [2.75, 3.05) is 0 Å². The fourth-order valence-corrected chi connectivity index (χ4v) is 2.67. The van der Waals surface area contributed by atoms with E-state index in [4.69, 9.17) is 0 Å². The second-order valence-corrected chi connectivity index (χ2v) is 4.89. The summed E-state index contributed by atoms with van der Waals surface area (Å²) in [5.74, 6) is -0.0648. The summed E-state index contributed by atoms with van der Waals surface area (Å²) in [5.41, 5.74) is 2.77. The number of ketones is 2. The fourth-order valence-electron chi connectivity index (χ4n) is 2.67. The van der Waals surface area contributed by atoms with E-state index in [9.17, 15) is 9.59 Å². The lowest BCUT2D eigenvalue weighted by Gasteiger charge is -2.09. The van der Waals surface area contributed by atoms with Crippen LogP contribution in [-0.2, 0) is 11.2 Å². The Hall–Kier alpha value is -2.22. The zero-order valence-electron chi connectivity index (χ0n) is 10.5. The SMILES string of the molecule is O=C(CC1C(=O)Cc2ccccc21)c1ccccc1. The maximum absolute atomic E-state index is 12.2. The molecule has 19 heavy (non-hydrogen) atoms. The van der Waals surface area contributed by atoms with Crippen molar-refractivity contribution in [3.8, 4) is 0 Å². The summed E-state index contributed by atoms with van der Waals surface area (Å²) in [6.45, 7) is 0. The van der Waals surface area contributed by atoms with Gasteiger partial charge in [0.1, 0.15) is 5.78 Å².